The average Bonchev–Trinajstić information content (AvgIpc) is 2.31. The highest BCUT2D eigenvalue weighted by molar-refractivity contribution is 5.30. The number of ether oxygens (including phenoxy) is 1. The number of methoxy groups -OCH3 is 1. The monoisotopic (exact) mass is 240 g/mol. The van der Waals surface area contributed by atoms with Gasteiger partial charge in [-0.05, 0) is 23.6 Å². The van der Waals surface area contributed by atoms with Crippen molar-refractivity contribution in [1.82, 2.24) is 5.32 Å². The van der Waals surface area contributed by atoms with Gasteiger partial charge in [-0.25, -0.2) is 4.39 Å². The van der Waals surface area contributed by atoms with Crippen molar-refractivity contribution in [3.05, 3.63) is 29.6 Å². The van der Waals surface area contributed by atoms with E-state index >= 15 is 0 Å². The molecule has 0 amide bonds. The maximum Gasteiger partial charge on any atom is 0.165 e. The van der Waals surface area contributed by atoms with Gasteiger partial charge in [0.05, 0.1) is 7.11 Å². The second-order valence-corrected chi connectivity index (χ2v) is 4.44. The second-order valence-electron chi connectivity index (χ2n) is 4.44. The zero-order valence-electron chi connectivity index (χ0n) is 10.7. The van der Waals surface area contributed by atoms with Crippen LogP contribution in [0.3, 0.4) is 0 Å². The molecule has 1 rings (SSSR count). The van der Waals surface area contributed by atoms with Crippen molar-refractivity contribution >= 4 is 0 Å². The molecule has 0 radical (unpaired) electrons. The highest BCUT2D eigenvalue weighted by atomic mass is 19.1. The lowest BCUT2D eigenvalue weighted by Crippen LogP contribution is -2.39. The Morgan fingerprint density at radius 1 is 1.41 bits per heavy atom. The SMILES string of the molecule is COc1cc(CNC(CN)C(C)C)ccc1F. The van der Waals surface area contributed by atoms with Gasteiger partial charge in [-0.2, -0.15) is 0 Å². The van der Waals surface area contributed by atoms with Gasteiger partial charge >= 0.3 is 0 Å². The normalized spacial score (nSPS) is 12.8. The number of hydrogen-bond acceptors (Lipinski definition) is 3. The quantitative estimate of drug-likeness (QED) is 0.798. The minimum absolute atomic E-state index is 0.269. The molecule has 96 valence electrons. The number of nitrogens with two attached hydrogens (primary N) is 1. The predicted molar refractivity (Wildman–Crippen MR) is 67.5 cm³/mol. The molecule has 0 aliphatic heterocycles. The molecule has 1 unspecified atom stereocenters. The van der Waals surface area contributed by atoms with Crippen molar-refractivity contribution in [2.45, 2.75) is 26.4 Å². The third-order valence-corrected chi connectivity index (χ3v) is 2.84. The lowest BCUT2D eigenvalue weighted by molar-refractivity contribution is 0.383. The van der Waals surface area contributed by atoms with Gasteiger partial charge < -0.3 is 15.8 Å². The molecule has 4 heteroatoms. The Balaban J connectivity index is 2.63. The van der Waals surface area contributed by atoms with Gasteiger partial charge in [-0.15, -0.1) is 0 Å². The molecule has 0 fully saturated rings. The summed E-state index contributed by atoms with van der Waals surface area (Å²) >= 11 is 0. The van der Waals surface area contributed by atoms with Crippen LogP contribution < -0.4 is 15.8 Å². The van der Waals surface area contributed by atoms with Crippen LogP contribution in [0.5, 0.6) is 5.75 Å². The topological polar surface area (TPSA) is 47.3 Å². The van der Waals surface area contributed by atoms with Gasteiger partial charge in [0, 0.05) is 19.1 Å². The summed E-state index contributed by atoms with van der Waals surface area (Å²) in [7, 11) is 1.46. The minimum Gasteiger partial charge on any atom is -0.494 e. The van der Waals surface area contributed by atoms with Crippen LogP contribution in [0.2, 0.25) is 0 Å². The summed E-state index contributed by atoms with van der Waals surface area (Å²) in [5, 5.41) is 3.35. The molecule has 0 aliphatic rings. The van der Waals surface area contributed by atoms with Gasteiger partial charge in [-0.3, -0.25) is 0 Å². The van der Waals surface area contributed by atoms with Crippen molar-refractivity contribution in [2.75, 3.05) is 13.7 Å². The van der Waals surface area contributed by atoms with Crippen LogP contribution >= 0.6 is 0 Å². The van der Waals surface area contributed by atoms with Crippen LogP contribution in [0.15, 0.2) is 18.2 Å². The summed E-state index contributed by atoms with van der Waals surface area (Å²) in [6.45, 7) is 5.50. The summed E-state index contributed by atoms with van der Waals surface area (Å²) < 4.78 is 18.1. The summed E-state index contributed by atoms with van der Waals surface area (Å²) in [5.74, 6) is 0.413. The lowest BCUT2D eigenvalue weighted by Gasteiger charge is -2.20. The van der Waals surface area contributed by atoms with Crippen LogP contribution in [0, 0.1) is 11.7 Å². The molecule has 0 aliphatic carbocycles. The molecule has 0 aromatic heterocycles. The maximum atomic E-state index is 13.2. The van der Waals surface area contributed by atoms with E-state index in [1.54, 1.807) is 12.1 Å². The fourth-order valence-electron chi connectivity index (χ4n) is 1.65. The highest BCUT2D eigenvalue weighted by Gasteiger charge is 2.11. The highest BCUT2D eigenvalue weighted by Crippen LogP contribution is 2.18. The molecule has 1 aromatic rings. The molecule has 0 saturated carbocycles. The number of rotatable bonds is 6. The summed E-state index contributed by atoms with van der Waals surface area (Å²) in [6, 6.07) is 5.14. The van der Waals surface area contributed by atoms with Gasteiger partial charge in [-0.1, -0.05) is 19.9 Å². The van der Waals surface area contributed by atoms with Crippen LogP contribution in [0.25, 0.3) is 0 Å². The summed E-state index contributed by atoms with van der Waals surface area (Å²) in [5.41, 5.74) is 6.66. The van der Waals surface area contributed by atoms with Gasteiger partial charge in [0.1, 0.15) is 0 Å². The zero-order valence-corrected chi connectivity index (χ0v) is 10.7. The lowest BCUT2D eigenvalue weighted by atomic mass is 10.0. The predicted octanol–water partition coefficient (Wildman–Crippen LogP) is 1.91. The summed E-state index contributed by atoms with van der Waals surface area (Å²) in [6.07, 6.45) is 0. The van der Waals surface area contributed by atoms with Crippen molar-refractivity contribution in [3.63, 3.8) is 0 Å². The molecule has 0 heterocycles. The minimum atomic E-state index is -0.338. The van der Waals surface area contributed by atoms with Gasteiger partial charge in [0.15, 0.2) is 11.6 Å². The smallest absolute Gasteiger partial charge is 0.165 e. The molecule has 0 saturated heterocycles. The van der Waals surface area contributed by atoms with Crippen molar-refractivity contribution < 1.29 is 9.13 Å². The average molecular weight is 240 g/mol. The van der Waals surface area contributed by atoms with Crippen LogP contribution in [-0.2, 0) is 6.54 Å². The van der Waals surface area contributed by atoms with Gasteiger partial charge in [0.2, 0.25) is 0 Å². The molecule has 1 aromatic carbocycles. The zero-order chi connectivity index (χ0) is 12.8. The molecule has 17 heavy (non-hydrogen) atoms. The van der Waals surface area contributed by atoms with Crippen molar-refractivity contribution in [2.24, 2.45) is 11.7 Å². The van der Waals surface area contributed by atoms with E-state index in [-0.39, 0.29) is 17.6 Å². The van der Waals surface area contributed by atoms with E-state index in [0.29, 0.717) is 19.0 Å². The van der Waals surface area contributed by atoms with Crippen LogP contribution in [-0.4, -0.2) is 19.7 Å². The molecule has 0 spiro atoms. The number of halogens is 1. The maximum absolute atomic E-state index is 13.2. The van der Waals surface area contributed by atoms with Crippen LogP contribution in [0.4, 0.5) is 4.39 Å². The largest absolute Gasteiger partial charge is 0.494 e. The molecular formula is C13H21FN2O. The van der Waals surface area contributed by atoms with E-state index in [4.69, 9.17) is 10.5 Å². The Morgan fingerprint density at radius 3 is 2.65 bits per heavy atom. The summed E-state index contributed by atoms with van der Waals surface area (Å²) in [4.78, 5) is 0. The third-order valence-electron chi connectivity index (χ3n) is 2.84. The van der Waals surface area contributed by atoms with Crippen LogP contribution in [0.1, 0.15) is 19.4 Å². The fourth-order valence-corrected chi connectivity index (χ4v) is 1.65. The van der Waals surface area contributed by atoms with E-state index in [0.717, 1.165) is 5.56 Å². The molecular weight excluding hydrogens is 219 g/mol. The first-order valence-corrected chi connectivity index (χ1v) is 5.84. The first-order chi connectivity index (χ1) is 8.08. The molecule has 3 nitrogen and oxygen atoms in total. The Morgan fingerprint density at radius 2 is 2.12 bits per heavy atom. The number of benzene rings is 1. The Kier molecular flexibility index (Phi) is 5.38. The first kappa shape index (κ1) is 13.9. The Hall–Kier alpha value is -1.13. The van der Waals surface area contributed by atoms with E-state index in [1.165, 1.54) is 13.2 Å². The third kappa shape index (κ3) is 3.98. The van der Waals surface area contributed by atoms with Crippen molar-refractivity contribution in [3.8, 4) is 5.75 Å². The first-order valence-electron chi connectivity index (χ1n) is 5.84. The Labute approximate surface area is 102 Å². The Bertz CT molecular complexity index is 355. The number of hydrogen-bond donors (Lipinski definition) is 2. The number of nitrogens with one attached hydrogen (secondary N) is 1. The van der Waals surface area contributed by atoms with E-state index in [9.17, 15) is 4.39 Å². The van der Waals surface area contributed by atoms with Gasteiger partial charge in [0.25, 0.3) is 0 Å². The van der Waals surface area contributed by atoms with E-state index < -0.39 is 0 Å². The van der Waals surface area contributed by atoms with Crippen molar-refractivity contribution in [1.29, 1.82) is 0 Å². The molecule has 3 N–H and O–H groups in total. The fraction of sp³-hybridized carbons (Fsp3) is 0.538. The second kappa shape index (κ2) is 6.57. The standard InChI is InChI=1S/C13H21FN2O/c1-9(2)12(7-15)16-8-10-4-5-11(14)13(6-10)17-3/h4-6,9,12,16H,7-8,15H2,1-3H3. The molecule has 1 atom stereocenters. The van der Waals surface area contributed by atoms with E-state index in [1.807, 2.05) is 0 Å². The molecule has 0 bridgehead atoms. The van der Waals surface area contributed by atoms with E-state index in [2.05, 4.69) is 19.2 Å².